The molecule has 30 heavy (non-hydrogen) atoms. The van der Waals surface area contributed by atoms with E-state index in [1.54, 1.807) is 18.4 Å². The second kappa shape index (κ2) is 7.89. The molecule has 1 aliphatic carbocycles. The predicted molar refractivity (Wildman–Crippen MR) is 121 cm³/mol. The maximum absolute atomic E-state index is 13.5. The van der Waals surface area contributed by atoms with Crippen LogP contribution < -0.4 is 11.3 Å². The Labute approximate surface area is 179 Å². The van der Waals surface area contributed by atoms with Gasteiger partial charge in [0.1, 0.15) is 11.4 Å². The molecule has 1 aliphatic rings. The number of aromatic nitrogens is 2. The Bertz CT molecular complexity index is 1280. The van der Waals surface area contributed by atoms with Crippen molar-refractivity contribution in [3.05, 3.63) is 64.1 Å². The van der Waals surface area contributed by atoms with Crippen molar-refractivity contribution >= 4 is 33.5 Å². The summed E-state index contributed by atoms with van der Waals surface area (Å²) in [5.74, 6) is 1.64. The van der Waals surface area contributed by atoms with E-state index in [9.17, 15) is 4.79 Å². The van der Waals surface area contributed by atoms with Crippen molar-refractivity contribution in [2.45, 2.75) is 32.2 Å². The van der Waals surface area contributed by atoms with Gasteiger partial charge in [0.15, 0.2) is 0 Å². The second-order valence-corrected chi connectivity index (χ2v) is 8.76. The zero-order valence-electron chi connectivity index (χ0n) is 16.7. The fourth-order valence-corrected chi connectivity index (χ4v) is 4.90. The molecule has 0 saturated heterocycles. The third-order valence-corrected chi connectivity index (χ3v) is 6.53. The van der Waals surface area contributed by atoms with Gasteiger partial charge in [-0.3, -0.25) is 9.36 Å². The molecule has 0 aliphatic heterocycles. The summed E-state index contributed by atoms with van der Waals surface area (Å²) in [6.07, 6.45) is 6.17. The Kier molecular flexibility index (Phi) is 5.09. The maximum Gasteiger partial charge on any atom is 0.261 e. The average molecular weight is 422 g/mol. The van der Waals surface area contributed by atoms with E-state index in [0.717, 1.165) is 35.8 Å². The highest BCUT2D eigenvalue weighted by Gasteiger charge is 2.24. The van der Waals surface area contributed by atoms with Gasteiger partial charge in [-0.15, -0.1) is 0 Å². The molecule has 5 nitrogen and oxygen atoms in total. The van der Waals surface area contributed by atoms with Crippen molar-refractivity contribution in [2.24, 2.45) is 17.6 Å². The van der Waals surface area contributed by atoms with Crippen molar-refractivity contribution in [2.75, 3.05) is 6.54 Å². The van der Waals surface area contributed by atoms with Gasteiger partial charge in [0, 0.05) is 22.5 Å². The molecule has 2 unspecified atom stereocenters. The van der Waals surface area contributed by atoms with Crippen LogP contribution in [0.4, 0.5) is 0 Å². The molecule has 2 N–H and O–H groups in total. The molecule has 0 bridgehead atoms. The molecule has 0 radical (unpaired) electrons. The summed E-state index contributed by atoms with van der Waals surface area (Å²) in [5.41, 5.74) is 8.28. The summed E-state index contributed by atoms with van der Waals surface area (Å²) in [7, 11) is 0. The quantitative estimate of drug-likeness (QED) is 0.489. The highest BCUT2D eigenvalue weighted by Crippen LogP contribution is 2.31. The summed E-state index contributed by atoms with van der Waals surface area (Å²) in [5, 5.41) is 2.09. The van der Waals surface area contributed by atoms with Gasteiger partial charge < -0.3 is 10.2 Å². The van der Waals surface area contributed by atoms with E-state index in [-0.39, 0.29) is 5.56 Å². The summed E-state index contributed by atoms with van der Waals surface area (Å²) in [6, 6.07) is 13.2. The van der Waals surface area contributed by atoms with Crippen LogP contribution in [0.2, 0.25) is 5.02 Å². The van der Waals surface area contributed by atoms with E-state index in [0.29, 0.717) is 46.7 Å². The van der Waals surface area contributed by atoms with Crippen LogP contribution in [0.3, 0.4) is 0 Å². The first kappa shape index (κ1) is 19.3. The van der Waals surface area contributed by atoms with Crippen LogP contribution in [-0.4, -0.2) is 16.1 Å². The summed E-state index contributed by atoms with van der Waals surface area (Å²) < 4.78 is 7.31. The van der Waals surface area contributed by atoms with E-state index in [2.05, 4.69) is 0 Å². The predicted octanol–water partition coefficient (Wildman–Crippen LogP) is 5.23. The summed E-state index contributed by atoms with van der Waals surface area (Å²) >= 11 is 6.18. The maximum atomic E-state index is 13.5. The van der Waals surface area contributed by atoms with E-state index < -0.39 is 0 Å². The Hall–Kier alpha value is -2.63. The molecule has 4 aromatic rings. The molecule has 0 spiro atoms. The second-order valence-electron chi connectivity index (χ2n) is 8.32. The number of fused-ring (bicyclic) bond motifs is 2. The normalized spacial score (nSPS) is 19.5. The van der Waals surface area contributed by atoms with Gasteiger partial charge in [-0.2, -0.15) is 0 Å². The van der Waals surface area contributed by atoms with Crippen LogP contribution >= 0.6 is 11.6 Å². The van der Waals surface area contributed by atoms with E-state index in [1.807, 2.05) is 34.9 Å². The minimum absolute atomic E-state index is 0.0420. The van der Waals surface area contributed by atoms with Gasteiger partial charge in [0.2, 0.25) is 0 Å². The first-order valence-corrected chi connectivity index (χ1v) is 10.9. The SMILES string of the molecule is NCC1CCCC(Cn2c(-c3ccc4occc4c3)nc3ccc(Cl)cc3c2=O)C1. The lowest BCUT2D eigenvalue weighted by molar-refractivity contribution is 0.246. The fraction of sp³-hybridized carbons (Fsp3) is 0.333. The van der Waals surface area contributed by atoms with Crippen molar-refractivity contribution in [3.8, 4) is 11.4 Å². The monoisotopic (exact) mass is 421 g/mol. The lowest BCUT2D eigenvalue weighted by Crippen LogP contribution is -2.30. The fourth-order valence-electron chi connectivity index (χ4n) is 4.73. The number of nitrogens with two attached hydrogens (primary N) is 1. The van der Waals surface area contributed by atoms with Crippen LogP contribution in [0.15, 0.2) is 57.9 Å². The Morgan fingerprint density at radius 1 is 1.13 bits per heavy atom. The lowest BCUT2D eigenvalue weighted by Gasteiger charge is -2.29. The first-order valence-electron chi connectivity index (χ1n) is 10.5. The molecule has 6 heteroatoms. The van der Waals surface area contributed by atoms with Crippen LogP contribution in [0.5, 0.6) is 0 Å². The lowest BCUT2D eigenvalue weighted by atomic mass is 9.81. The van der Waals surface area contributed by atoms with Crippen LogP contribution in [0, 0.1) is 11.8 Å². The number of halogens is 1. The topological polar surface area (TPSA) is 74.1 Å². The zero-order chi connectivity index (χ0) is 20.7. The van der Waals surface area contributed by atoms with Crippen LogP contribution in [-0.2, 0) is 6.54 Å². The van der Waals surface area contributed by atoms with Crippen molar-refractivity contribution in [3.63, 3.8) is 0 Å². The van der Waals surface area contributed by atoms with Gasteiger partial charge in [0.25, 0.3) is 5.56 Å². The van der Waals surface area contributed by atoms with Crippen molar-refractivity contribution < 1.29 is 4.42 Å². The number of hydrogen-bond acceptors (Lipinski definition) is 4. The highest BCUT2D eigenvalue weighted by molar-refractivity contribution is 6.31. The number of benzene rings is 2. The van der Waals surface area contributed by atoms with Gasteiger partial charge in [-0.25, -0.2) is 4.98 Å². The standard InChI is InChI=1S/C24H24ClN3O2/c25-19-5-6-21-20(12-19)24(29)28(14-16-3-1-2-15(10-16)13-26)23(27-21)18-4-7-22-17(11-18)8-9-30-22/h4-9,11-12,15-16H,1-3,10,13-14,26H2. The van der Waals surface area contributed by atoms with Gasteiger partial charge in [-0.05, 0) is 80.1 Å². The molecule has 1 saturated carbocycles. The third kappa shape index (κ3) is 3.53. The molecule has 2 aromatic heterocycles. The molecule has 0 amide bonds. The Morgan fingerprint density at radius 3 is 2.87 bits per heavy atom. The summed E-state index contributed by atoms with van der Waals surface area (Å²) in [6.45, 7) is 1.35. The number of furan rings is 1. The highest BCUT2D eigenvalue weighted by atomic mass is 35.5. The summed E-state index contributed by atoms with van der Waals surface area (Å²) in [4.78, 5) is 18.4. The molecule has 2 atom stereocenters. The van der Waals surface area contributed by atoms with E-state index in [4.69, 9.17) is 26.7 Å². The minimum atomic E-state index is -0.0420. The van der Waals surface area contributed by atoms with Gasteiger partial charge in [0.05, 0.1) is 17.2 Å². The largest absolute Gasteiger partial charge is 0.464 e. The third-order valence-electron chi connectivity index (χ3n) is 6.29. The number of rotatable bonds is 4. The molecular weight excluding hydrogens is 398 g/mol. The molecule has 5 rings (SSSR count). The number of nitrogens with zero attached hydrogens (tertiary/aromatic N) is 2. The Balaban J connectivity index is 1.66. The first-order chi connectivity index (χ1) is 14.6. The van der Waals surface area contributed by atoms with Gasteiger partial charge >= 0.3 is 0 Å². The Morgan fingerprint density at radius 2 is 2.00 bits per heavy atom. The molecule has 154 valence electrons. The van der Waals surface area contributed by atoms with Crippen molar-refractivity contribution in [1.82, 2.24) is 9.55 Å². The average Bonchev–Trinajstić information content (AvgIpc) is 3.24. The van der Waals surface area contributed by atoms with E-state index >= 15 is 0 Å². The smallest absolute Gasteiger partial charge is 0.261 e. The van der Waals surface area contributed by atoms with Crippen LogP contribution in [0.25, 0.3) is 33.3 Å². The number of hydrogen-bond donors (Lipinski definition) is 1. The van der Waals surface area contributed by atoms with Gasteiger partial charge in [-0.1, -0.05) is 18.0 Å². The molecular formula is C24H24ClN3O2. The van der Waals surface area contributed by atoms with Crippen LogP contribution in [0.1, 0.15) is 25.7 Å². The molecule has 2 heterocycles. The molecule has 1 fully saturated rings. The van der Waals surface area contributed by atoms with Crippen molar-refractivity contribution in [1.29, 1.82) is 0 Å². The molecule has 2 aromatic carbocycles. The zero-order valence-corrected chi connectivity index (χ0v) is 17.4. The van der Waals surface area contributed by atoms with E-state index in [1.165, 1.54) is 6.42 Å². The minimum Gasteiger partial charge on any atom is -0.464 e.